The molecule has 0 radical (unpaired) electrons. The minimum Gasteiger partial charge on any atom is -0.392 e. The van der Waals surface area contributed by atoms with E-state index in [9.17, 15) is 14.7 Å². The topological polar surface area (TPSA) is 82.2 Å². The number of pyridine rings is 1. The zero-order valence-electron chi connectivity index (χ0n) is 13.3. The second-order valence-electron chi connectivity index (χ2n) is 5.52. The first-order valence-electron chi connectivity index (χ1n) is 7.79. The Bertz CT molecular complexity index is 943. The molecule has 0 aliphatic rings. The number of anilines is 1. The van der Waals surface area contributed by atoms with Crippen molar-refractivity contribution in [3.8, 4) is 0 Å². The van der Waals surface area contributed by atoms with Crippen LogP contribution in [0.15, 0.2) is 53.3 Å². The van der Waals surface area contributed by atoms with Gasteiger partial charge < -0.3 is 15.4 Å². The van der Waals surface area contributed by atoms with Crippen LogP contribution in [0.3, 0.4) is 0 Å². The van der Waals surface area contributed by atoms with Gasteiger partial charge in [0.05, 0.1) is 6.61 Å². The highest BCUT2D eigenvalue weighted by molar-refractivity contribution is 6.07. The van der Waals surface area contributed by atoms with Crippen molar-refractivity contribution in [3.63, 3.8) is 0 Å². The number of H-pyrrole nitrogens is 1. The van der Waals surface area contributed by atoms with E-state index in [1.807, 2.05) is 12.1 Å². The molecule has 0 bridgehead atoms. The average molecular weight is 322 g/mol. The third-order valence-electron chi connectivity index (χ3n) is 4.03. The Morgan fingerprint density at radius 2 is 1.83 bits per heavy atom. The summed E-state index contributed by atoms with van der Waals surface area (Å²) in [6.45, 7) is 1.66. The summed E-state index contributed by atoms with van der Waals surface area (Å²) < 4.78 is 0. The fourth-order valence-corrected chi connectivity index (χ4v) is 2.73. The molecule has 1 heterocycles. The van der Waals surface area contributed by atoms with Crippen molar-refractivity contribution in [2.75, 3.05) is 5.32 Å². The minimum absolute atomic E-state index is 0.0595. The summed E-state index contributed by atoms with van der Waals surface area (Å²) in [6, 6.07) is 14.5. The maximum Gasteiger partial charge on any atom is 0.261 e. The molecule has 3 N–H and O–H groups in total. The highest BCUT2D eigenvalue weighted by atomic mass is 16.3. The van der Waals surface area contributed by atoms with Crippen LogP contribution in [0, 0.1) is 0 Å². The fourth-order valence-electron chi connectivity index (χ4n) is 2.73. The Hall–Kier alpha value is -2.92. The number of para-hydroxylation sites is 1. The lowest BCUT2D eigenvalue weighted by atomic mass is 10.0. The molecule has 3 rings (SSSR count). The summed E-state index contributed by atoms with van der Waals surface area (Å²) in [6.07, 6.45) is 0.910. The Balaban J connectivity index is 2.02. The number of rotatable bonds is 4. The number of aromatic nitrogens is 1. The van der Waals surface area contributed by atoms with Gasteiger partial charge in [0.2, 0.25) is 0 Å². The largest absolute Gasteiger partial charge is 0.392 e. The Morgan fingerprint density at radius 1 is 1.12 bits per heavy atom. The van der Waals surface area contributed by atoms with E-state index in [2.05, 4.69) is 17.2 Å². The normalized spacial score (nSPS) is 10.8. The predicted molar refractivity (Wildman–Crippen MR) is 94.3 cm³/mol. The van der Waals surface area contributed by atoms with Crippen molar-refractivity contribution >= 4 is 22.5 Å². The van der Waals surface area contributed by atoms with Gasteiger partial charge in [-0.15, -0.1) is 0 Å². The van der Waals surface area contributed by atoms with Crippen LogP contribution in [0.25, 0.3) is 10.9 Å². The molecule has 0 unspecified atom stereocenters. The van der Waals surface area contributed by atoms with Gasteiger partial charge in [-0.05, 0) is 30.2 Å². The van der Waals surface area contributed by atoms with Crippen LogP contribution in [0.1, 0.15) is 28.4 Å². The van der Waals surface area contributed by atoms with Crippen molar-refractivity contribution in [1.82, 2.24) is 4.98 Å². The lowest BCUT2D eigenvalue weighted by Gasteiger charge is -2.11. The highest BCUT2D eigenvalue weighted by Crippen LogP contribution is 2.19. The molecule has 0 saturated heterocycles. The number of aryl methyl sites for hydroxylation is 1. The number of aliphatic hydroxyl groups excluding tert-OH is 1. The van der Waals surface area contributed by atoms with Crippen LogP contribution in [0.4, 0.5) is 5.69 Å². The summed E-state index contributed by atoms with van der Waals surface area (Å²) in [4.78, 5) is 27.6. The smallest absolute Gasteiger partial charge is 0.261 e. The molecule has 24 heavy (non-hydrogen) atoms. The van der Waals surface area contributed by atoms with E-state index in [-0.39, 0.29) is 12.2 Å². The zero-order chi connectivity index (χ0) is 17.1. The second kappa shape index (κ2) is 6.68. The van der Waals surface area contributed by atoms with E-state index in [1.165, 1.54) is 0 Å². The van der Waals surface area contributed by atoms with E-state index >= 15 is 0 Å². The number of hydrogen-bond donors (Lipinski definition) is 3. The molecule has 122 valence electrons. The summed E-state index contributed by atoms with van der Waals surface area (Å²) >= 11 is 0. The van der Waals surface area contributed by atoms with Crippen LogP contribution < -0.4 is 10.9 Å². The molecular weight excluding hydrogens is 304 g/mol. The van der Waals surface area contributed by atoms with Crippen molar-refractivity contribution < 1.29 is 9.90 Å². The molecule has 2 aromatic carbocycles. The third kappa shape index (κ3) is 2.94. The molecule has 5 heteroatoms. The molecule has 3 aromatic rings. The molecule has 0 spiro atoms. The molecular formula is C19H18N2O3. The second-order valence-corrected chi connectivity index (χ2v) is 5.52. The van der Waals surface area contributed by atoms with Crippen LogP contribution in [0.5, 0.6) is 0 Å². The predicted octanol–water partition coefficient (Wildman–Crippen LogP) is 2.84. The average Bonchev–Trinajstić information content (AvgIpc) is 2.61. The lowest BCUT2D eigenvalue weighted by Crippen LogP contribution is -2.26. The Kier molecular flexibility index (Phi) is 4.44. The summed E-state index contributed by atoms with van der Waals surface area (Å²) in [5.74, 6) is -0.532. The number of aromatic amines is 1. The standard InChI is InChI=1S/C19H18N2O3/c1-2-12-7-9-13(10-8-12)20-18(23)17-15(11-22)14-5-3-4-6-16(14)21-19(17)24/h3-10,22H,2,11H2,1H3,(H,20,23)(H,21,24). The molecule has 0 aliphatic carbocycles. The van der Waals surface area contributed by atoms with Gasteiger partial charge in [-0.3, -0.25) is 9.59 Å². The van der Waals surface area contributed by atoms with Crippen molar-refractivity contribution in [3.05, 3.63) is 75.6 Å². The van der Waals surface area contributed by atoms with Gasteiger partial charge in [-0.1, -0.05) is 37.3 Å². The molecule has 0 fully saturated rings. The number of hydrogen-bond acceptors (Lipinski definition) is 3. The molecule has 5 nitrogen and oxygen atoms in total. The maximum absolute atomic E-state index is 12.6. The van der Waals surface area contributed by atoms with Crippen molar-refractivity contribution in [1.29, 1.82) is 0 Å². The van der Waals surface area contributed by atoms with Gasteiger partial charge in [0.1, 0.15) is 5.56 Å². The van der Waals surface area contributed by atoms with Crippen LogP contribution in [0.2, 0.25) is 0 Å². The Morgan fingerprint density at radius 3 is 2.50 bits per heavy atom. The molecule has 0 aliphatic heterocycles. The zero-order valence-corrected chi connectivity index (χ0v) is 13.3. The van der Waals surface area contributed by atoms with Crippen molar-refractivity contribution in [2.24, 2.45) is 0 Å². The number of aliphatic hydroxyl groups is 1. The van der Waals surface area contributed by atoms with E-state index < -0.39 is 11.5 Å². The molecule has 1 amide bonds. The third-order valence-corrected chi connectivity index (χ3v) is 4.03. The SMILES string of the molecule is CCc1ccc(NC(=O)c2c(CO)c3ccccc3[nH]c2=O)cc1. The van der Waals surface area contributed by atoms with Gasteiger partial charge in [0.25, 0.3) is 11.5 Å². The number of carbonyl (C=O) groups is 1. The first-order chi connectivity index (χ1) is 11.6. The first kappa shape index (κ1) is 16.0. The van der Waals surface area contributed by atoms with Gasteiger partial charge in [0, 0.05) is 22.2 Å². The van der Waals surface area contributed by atoms with Crippen LogP contribution >= 0.6 is 0 Å². The van der Waals surface area contributed by atoms with E-state index in [1.54, 1.807) is 36.4 Å². The summed E-state index contributed by atoms with van der Waals surface area (Å²) in [7, 11) is 0. The minimum atomic E-state index is -0.532. The van der Waals surface area contributed by atoms with Crippen LogP contribution in [-0.2, 0) is 13.0 Å². The van der Waals surface area contributed by atoms with Gasteiger partial charge >= 0.3 is 0 Å². The Labute approximate surface area is 139 Å². The number of carbonyl (C=O) groups excluding carboxylic acids is 1. The van der Waals surface area contributed by atoms with Gasteiger partial charge in [0.15, 0.2) is 0 Å². The molecule has 0 saturated carbocycles. The molecule has 0 atom stereocenters. The van der Waals surface area contributed by atoms with E-state index in [0.29, 0.717) is 22.2 Å². The highest BCUT2D eigenvalue weighted by Gasteiger charge is 2.18. The lowest BCUT2D eigenvalue weighted by molar-refractivity contribution is 0.102. The first-order valence-corrected chi connectivity index (χ1v) is 7.79. The summed E-state index contributed by atoms with van der Waals surface area (Å²) in [5, 5.41) is 13.1. The van der Waals surface area contributed by atoms with Gasteiger partial charge in [-0.2, -0.15) is 0 Å². The van der Waals surface area contributed by atoms with E-state index in [0.717, 1.165) is 12.0 Å². The maximum atomic E-state index is 12.6. The van der Waals surface area contributed by atoms with Gasteiger partial charge in [-0.25, -0.2) is 0 Å². The number of benzene rings is 2. The fraction of sp³-hybridized carbons (Fsp3) is 0.158. The van der Waals surface area contributed by atoms with E-state index in [4.69, 9.17) is 0 Å². The monoisotopic (exact) mass is 322 g/mol. The summed E-state index contributed by atoms with van der Waals surface area (Å²) in [5.41, 5.74) is 2.12. The number of nitrogens with one attached hydrogen (secondary N) is 2. The van der Waals surface area contributed by atoms with Crippen molar-refractivity contribution in [2.45, 2.75) is 20.0 Å². The number of amides is 1. The van der Waals surface area contributed by atoms with Crippen LogP contribution in [-0.4, -0.2) is 16.0 Å². The quantitative estimate of drug-likeness (QED) is 0.691. The molecule has 1 aromatic heterocycles. The number of fused-ring (bicyclic) bond motifs is 1.